The quantitative estimate of drug-likeness (QED) is 0.148. The van der Waals surface area contributed by atoms with Crippen molar-refractivity contribution in [3.8, 4) is 27.9 Å². The number of hydrogen-bond donors (Lipinski definition) is 0. The average molecular weight is 619 g/mol. The molecule has 0 atom stereocenters. The van der Waals surface area contributed by atoms with Gasteiger partial charge in [0.2, 0.25) is 0 Å². The van der Waals surface area contributed by atoms with Crippen LogP contribution in [0.25, 0.3) is 71.3 Å². The van der Waals surface area contributed by atoms with Crippen LogP contribution in [-0.4, -0.2) is 72.3 Å². The first-order valence-corrected chi connectivity index (χ1v) is 17.6. The SMILES string of the molecule is Bc1c(B)c(B)c2c(-c3ccccc3-n3c(CC)nc4ccccc43)c3c(B)c(B)c(B)c(B)c3c(-c3ccc4ccccc4c3)c2c1B. The highest BCUT2D eigenvalue weighted by Gasteiger charge is 2.27. The summed E-state index contributed by atoms with van der Waals surface area (Å²) in [6.07, 6.45) is 0.846. The molecular weight excluding hydrogens is 583 g/mol. The van der Waals surface area contributed by atoms with Crippen LogP contribution in [0.3, 0.4) is 0 Å². The molecule has 0 fully saturated rings. The summed E-state index contributed by atoms with van der Waals surface area (Å²) in [6.45, 7) is 2.21. The van der Waals surface area contributed by atoms with Gasteiger partial charge in [0.15, 0.2) is 0 Å². The van der Waals surface area contributed by atoms with Gasteiger partial charge in [0, 0.05) is 12.0 Å². The maximum absolute atomic E-state index is 5.12. The van der Waals surface area contributed by atoms with E-state index in [1.165, 1.54) is 104 Å². The van der Waals surface area contributed by atoms with Gasteiger partial charge >= 0.3 is 0 Å². The summed E-state index contributed by atoms with van der Waals surface area (Å²) < 4.78 is 2.41. The molecule has 226 valence electrons. The van der Waals surface area contributed by atoms with Crippen molar-refractivity contribution in [2.24, 2.45) is 0 Å². The number of rotatable bonds is 4. The summed E-state index contributed by atoms with van der Waals surface area (Å²) in [6, 6.07) is 33.4. The van der Waals surface area contributed by atoms with Crippen molar-refractivity contribution in [2.75, 3.05) is 0 Å². The summed E-state index contributed by atoms with van der Waals surface area (Å²) in [7, 11) is 18.6. The minimum Gasteiger partial charge on any atom is -0.296 e. The van der Waals surface area contributed by atoms with Crippen LogP contribution in [0.5, 0.6) is 0 Å². The smallest absolute Gasteiger partial charge is 0.139 e. The Bertz CT molecular complexity index is 2620. The predicted octanol–water partition coefficient (Wildman–Crippen LogP) is -3.55. The maximum atomic E-state index is 5.12. The molecule has 0 spiro atoms. The second-order valence-corrected chi connectivity index (χ2v) is 14.0. The van der Waals surface area contributed by atoms with Crippen molar-refractivity contribution >= 4 is 150 Å². The zero-order chi connectivity index (χ0) is 34.3. The lowest BCUT2D eigenvalue weighted by molar-refractivity contribution is 0.909. The van der Waals surface area contributed by atoms with E-state index in [2.05, 4.69) is 165 Å². The van der Waals surface area contributed by atoms with Gasteiger partial charge in [-0.05, 0) is 73.3 Å². The summed E-state index contributed by atoms with van der Waals surface area (Å²) >= 11 is 0. The van der Waals surface area contributed by atoms with Crippen molar-refractivity contribution < 1.29 is 0 Å². The van der Waals surface area contributed by atoms with E-state index in [1.807, 2.05) is 0 Å². The summed E-state index contributed by atoms with van der Waals surface area (Å²) in [4.78, 5) is 5.12. The number of fused-ring (bicyclic) bond motifs is 4. The van der Waals surface area contributed by atoms with Gasteiger partial charge in [0.25, 0.3) is 0 Å². The second-order valence-electron chi connectivity index (χ2n) is 14.0. The highest BCUT2D eigenvalue weighted by atomic mass is 15.1. The van der Waals surface area contributed by atoms with Crippen molar-refractivity contribution in [2.45, 2.75) is 13.3 Å². The molecule has 8 rings (SSSR count). The van der Waals surface area contributed by atoms with Crippen LogP contribution in [-0.2, 0) is 6.42 Å². The number of nitrogens with zero attached hydrogens (tertiary/aromatic N) is 2. The van der Waals surface area contributed by atoms with Crippen molar-refractivity contribution in [3.05, 3.63) is 96.8 Å². The third-order valence-electron chi connectivity index (χ3n) is 11.8. The fraction of sp³-hybridized carbons (Fsp3) is 0.0513. The molecule has 0 aliphatic heterocycles. The molecule has 1 heterocycles. The Hall–Kier alpha value is -4.69. The number of hydrogen-bond acceptors (Lipinski definition) is 1. The zero-order valence-electron chi connectivity index (χ0n) is 30.3. The number of benzene rings is 7. The fourth-order valence-corrected chi connectivity index (χ4v) is 8.49. The summed E-state index contributed by atoms with van der Waals surface area (Å²) in [5.41, 5.74) is 19.5. The number of imidazole rings is 1. The van der Waals surface area contributed by atoms with Crippen molar-refractivity contribution in [1.29, 1.82) is 0 Å². The molecule has 8 aromatic rings. The molecule has 0 radical (unpaired) electrons. The van der Waals surface area contributed by atoms with Gasteiger partial charge in [-0.15, -0.1) is 21.9 Å². The van der Waals surface area contributed by atoms with Crippen LogP contribution in [0.2, 0.25) is 0 Å². The lowest BCUT2D eigenvalue weighted by atomic mass is 9.59. The average Bonchev–Trinajstić information content (AvgIpc) is 3.51. The first-order valence-electron chi connectivity index (χ1n) is 17.6. The summed E-state index contributed by atoms with van der Waals surface area (Å²) in [5.74, 6) is 1.08. The zero-order valence-corrected chi connectivity index (χ0v) is 30.3. The Kier molecular flexibility index (Phi) is 7.56. The second kappa shape index (κ2) is 11.7. The number of para-hydroxylation sites is 3. The van der Waals surface area contributed by atoms with Crippen molar-refractivity contribution in [1.82, 2.24) is 9.55 Å². The minimum atomic E-state index is 0.846. The van der Waals surface area contributed by atoms with Crippen LogP contribution in [0.4, 0.5) is 0 Å². The third kappa shape index (κ3) is 4.56. The number of aryl methyl sites for hydroxylation is 1. The van der Waals surface area contributed by atoms with Gasteiger partial charge in [-0.2, -0.15) is 0 Å². The van der Waals surface area contributed by atoms with Gasteiger partial charge in [-0.1, -0.05) is 95.5 Å². The van der Waals surface area contributed by atoms with E-state index >= 15 is 0 Å². The first kappa shape index (κ1) is 31.6. The third-order valence-corrected chi connectivity index (χ3v) is 11.8. The molecule has 0 unspecified atom stereocenters. The van der Waals surface area contributed by atoms with Crippen LogP contribution >= 0.6 is 0 Å². The van der Waals surface area contributed by atoms with E-state index in [4.69, 9.17) is 4.98 Å². The predicted molar refractivity (Wildman–Crippen MR) is 239 cm³/mol. The Morgan fingerprint density at radius 3 is 1.63 bits per heavy atom. The Labute approximate surface area is 296 Å². The molecular formula is C39H36B8N2. The van der Waals surface area contributed by atoms with Crippen LogP contribution in [0.1, 0.15) is 12.7 Å². The van der Waals surface area contributed by atoms with Crippen LogP contribution in [0, 0.1) is 0 Å². The van der Waals surface area contributed by atoms with Gasteiger partial charge < -0.3 is 0 Å². The molecule has 10 heteroatoms. The minimum absolute atomic E-state index is 0.846. The van der Waals surface area contributed by atoms with E-state index in [1.54, 1.807) is 0 Å². The van der Waals surface area contributed by atoms with Gasteiger partial charge in [0.1, 0.15) is 68.6 Å². The van der Waals surface area contributed by atoms with Gasteiger partial charge in [0.05, 0.1) is 16.7 Å². The molecule has 0 aliphatic carbocycles. The van der Waals surface area contributed by atoms with E-state index in [0.29, 0.717) is 0 Å². The molecule has 0 amide bonds. The molecule has 0 bridgehead atoms. The molecule has 0 saturated carbocycles. The lowest BCUT2D eigenvalue weighted by Crippen LogP contribution is -2.50. The molecule has 7 aromatic carbocycles. The normalized spacial score (nSPS) is 11.7. The molecule has 0 saturated heterocycles. The highest BCUT2D eigenvalue weighted by molar-refractivity contribution is 6.71. The number of aromatic nitrogens is 2. The molecule has 49 heavy (non-hydrogen) atoms. The largest absolute Gasteiger partial charge is 0.296 e. The van der Waals surface area contributed by atoms with Gasteiger partial charge in [-0.25, -0.2) is 4.98 Å². The van der Waals surface area contributed by atoms with Crippen molar-refractivity contribution in [3.63, 3.8) is 0 Å². The first-order chi connectivity index (χ1) is 23.6. The van der Waals surface area contributed by atoms with Crippen LogP contribution < -0.4 is 43.7 Å². The van der Waals surface area contributed by atoms with E-state index < -0.39 is 0 Å². The lowest BCUT2D eigenvalue weighted by Gasteiger charge is -2.29. The van der Waals surface area contributed by atoms with Gasteiger partial charge in [-0.3, -0.25) is 4.57 Å². The Morgan fingerprint density at radius 1 is 0.510 bits per heavy atom. The molecule has 0 aliphatic rings. The molecule has 1 aromatic heterocycles. The Balaban J connectivity index is 1.66. The maximum Gasteiger partial charge on any atom is 0.139 e. The molecule has 0 N–H and O–H groups in total. The monoisotopic (exact) mass is 620 g/mol. The van der Waals surface area contributed by atoms with Crippen LogP contribution in [0.15, 0.2) is 91.0 Å². The van der Waals surface area contributed by atoms with E-state index in [-0.39, 0.29) is 0 Å². The summed E-state index contributed by atoms with van der Waals surface area (Å²) in [5, 5.41) is 7.99. The van der Waals surface area contributed by atoms with E-state index in [9.17, 15) is 0 Å². The molecule has 2 nitrogen and oxygen atoms in total. The fourth-order valence-electron chi connectivity index (χ4n) is 8.49. The highest BCUT2D eigenvalue weighted by Crippen LogP contribution is 2.43. The topological polar surface area (TPSA) is 17.8 Å². The Morgan fingerprint density at radius 2 is 1.02 bits per heavy atom. The standard InChI is InChI=1S/C39H36B8N2/c1-2-25-48-22-12-6-8-14-24(22)49(25)23-13-7-5-11-21(23)27-30-28(32(40)36(44)38(46)34(30)42)26(20-16-15-18-9-3-4-10-19(18)17-20)29-31(27)35(43)39(47)37(45)33(29)41/h3-17H,2,40-47H2,1H3. The van der Waals surface area contributed by atoms with E-state index in [0.717, 1.165) is 23.3 Å².